The third kappa shape index (κ3) is 8.83. The number of Topliss-reactive ketones (excluding diaryl/α,β-unsaturated/α-hetero) is 1. The minimum atomic E-state index is -3.22. The molecule has 0 unspecified atom stereocenters. The number of nitrogens with zero attached hydrogens (tertiary/aromatic N) is 1. The Labute approximate surface area is 221 Å². The van der Waals surface area contributed by atoms with E-state index in [4.69, 9.17) is 10.8 Å². The lowest BCUT2D eigenvalue weighted by atomic mass is 9.96. The number of nitrogens with two attached hydrogens (primary N) is 1. The summed E-state index contributed by atoms with van der Waals surface area (Å²) in [4.78, 5) is 16.2. The molecule has 0 aliphatic carbocycles. The molecule has 0 bridgehead atoms. The summed E-state index contributed by atoms with van der Waals surface area (Å²) in [5, 5.41) is 10.5. The van der Waals surface area contributed by atoms with Crippen molar-refractivity contribution in [2.75, 3.05) is 23.9 Å². The van der Waals surface area contributed by atoms with Crippen LogP contribution in [0.5, 0.6) is 0 Å². The second-order valence-electron chi connectivity index (χ2n) is 8.11. The smallest absolute Gasteiger partial charge is 0.180 e. The Morgan fingerprint density at radius 1 is 1.03 bits per heavy atom. The lowest BCUT2D eigenvalue weighted by Crippen LogP contribution is -2.08. The molecular weight excluding hydrogens is 548 g/mol. The van der Waals surface area contributed by atoms with E-state index in [0.717, 1.165) is 18.4 Å². The third-order valence-corrected chi connectivity index (χ3v) is 7.39. The zero-order valence-corrected chi connectivity index (χ0v) is 24.6. The first kappa shape index (κ1) is 31.0. The molecule has 0 radical (unpaired) electrons. The van der Waals surface area contributed by atoms with Gasteiger partial charge in [0.05, 0.1) is 15.9 Å². The Hall–Kier alpha value is -2.07. The number of aliphatic hydroxyl groups excluding tert-OH is 1. The highest BCUT2D eigenvalue weighted by atomic mass is 79.9. The Kier molecular flexibility index (Phi) is 12.3. The number of aryl methyl sites for hydroxylation is 5. The predicted octanol–water partition coefficient (Wildman–Crippen LogP) is 5.85. The maximum atomic E-state index is 11.6. The zero-order chi connectivity index (χ0) is 26.9. The van der Waals surface area contributed by atoms with E-state index in [1.54, 1.807) is 20.8 Å². The number of carbonyl (C=O) groups excluding carboxylic acids is 1. The number of aliphatic hydroxyl groups is 1. The number of hydrogen-bond donors (Lipinski definition) is 2. The molecule has 2 aromatic carbocycles. The number of anilines is 1. The van der Waals surface area contributed by atoms with Gasteiger partial charge >= 0.3 is 0 Å². The number of thiazole rings is 1. The number of halogens is 1. The van der Waals surface area contributed by atoms with Crippen molar-refractivity contribution in [2.45, 2.75) is 52.9 Å². The molecule has 0 saturated heterocycles. The largest absolute Gasteiger partial charge is 0.397 e. The van der Waals surface area contributed by atoms with Gasteiger partial charge in [0.25, 0.3) is 0 Å². The molecule has 3 rings (SSSR count). The van der Waals surface area contributed by atoms with Crippen LogP contribution in [0, 0.1) is 27.7 Å². The van der Waals surface area contributed by atoms with Crippen LogP contribution in [-0.2, 0) is 16.3 Å². The highest BCUT2D eigenvalue weighted by molar-refractivity contribution is 9.09. The molecule has 9 heteroatoms. The van der Waals surface area contributed by atoms with Crippen LogP contribution in [0.2, 0.25) is 0 Å². The normalized spacial score (nSPS) is 10.7. The molecule has 1 aromatic heterocycles. The van der Waals surface area contributed by atoms with Gasteiger partial charge in [-0.15, -0.1) is 11.3 Å². The minimum absolute atomic E-state index is 0.0324. The Morgan fingerprint density at radius 3 is 1.86 bits per heavy atom. The average Bonchev–Trinajstić information content (AvgIpc) is 3.18. The fourth-order valence-electron chi connectivity index (χ4n) is 3.71. The van der Waals surface area contributed by atoms with Gasteiger partial charge in [-0.25, -0.2) is 13.4 Å². The van der Waals surface area contributed by atoms with Crippen molar-refractivity contribution < 1.29 is 18.3 Å². The van der Waals surface area contributed by atoms with Gasteiger partial charge in [0.1, 0.15) is 0 Å². The monoisotopic (exact) mass is 582 g/mol. The summed E-state index contributed by atoms with van der Waals surface area (Å²) >= 11 is 4.60. The maximum absolute atomic E-state index is 11.6. The summed E-state index contributed by atoms with van der Waals surface area (Å²) in [5.74, 6) is -0.0324. The molecule has 1 heterocycles. The van der Waals surface area contributed by atoms with Crippen molar-refractivity contribution in [3.05, 3.63) is 63.0 Å². The van der Waals surface area contributed by atoms with Gasteiger partial charge in [-0.2, -0.15) is 0 Å². The summed E-state index contributed by atoms with van der Waals surface area (Å²) in [6.07, 6.45) is 2.23. The van der Waals surface area contributed by atoms with Crippen LogP contribution in [0.3, 0.4) is 0 Å². The van der Waals surface area contributed by atoms with Crippen molar-refractivity contribution in [2.24, 2.45) is 0 Å². The second kappa shape index (κ2) is 13.9. The minimum Gasteiger partial charge on any atom is -0.397 e. The number of sulfone groups is 1. The summed E-state index contributed by atoms with van der Waals surface area (Å²) in [7, 11) is -3.22. The van der Waals surface area contributed by atoms with E-state index >= 15 is 0 Å². The van der Waals surface area contributed by atoms with Gasteiger partial charge in [0.2, 0.25) is 0 Å². The van der Waals surface area contributed by atoms with Crippen LogP contribution in [0.15, 0.2) is 34.5 Å². The van der Waals surface area contributed by atoms with Crippen LogP contribution in [0.1, 0.15) is 52.0 Å². The summed E-state index contributed by atoms with van der Waals surface area (Å²) in [6, 6.07) is 7.55. The Bertz CT molecular complexity index is 1220. The van der Waals surface area contributed by atoms with Gasteiger partial charge in [0, 0.05) is 29.4 Å². The number of rotatable bonds is 5. The number of carbonyl (C=O) groups is 1. The highest BCUT2D eigenvalue weighted by Crippen LogP contribution is 2.30. The van der Waals surface area contributed by atoms with Gasteiger partial charge in [0.15, 0.2) is 20.8 Å². The topological polar surface area (TPSA) is 110 Å². The molecule has 192 valence electrons. The van der Waals surface area contributed by atoms with Crippen LogP contribution >= 0.6 is 27.3 Å². The fraction of sp³-hybridized carbons (Fsp3) is 0.385. The van der Waals surface area contributed by atoms with Gasteiger partial charge < -0.3 is 10.8 Å². The molecule has 3 aromatic rings. The Balaban J connectivity index is 0.000000315. The zero-order valence-electron chi connectivity index (χ0n) is 21.4. The van der Waals surface area contributed by atoms with E-state index in [0.29, 0.717) is 21.8 Å². The molecule has 0 aliphatic heterocycles. The molecule has 3 N–H and O–H groups in total. The molecule has 0 saturated carbocycles. The number of ketones is 1. The van der Waals surface area contributed by atoms with Crippen molar-refractivity contribution in [1.82, 2.24) is 4.98 Å². The third-order valence-electron chi connectivity index (χ3n) is 5.11. The number of alkyl halides is 1. The van der Waals surface area contributed by atoms with E-state index in [1.807, 2.05) is 5.38 Å². The molecule has 0 aliphatic rings. The molecule has 0 atom stereocenters. The molecular formula is C26H35BrN2O4S2. The lowest BCUT2D eigenvalue weighted by Gasteiger charge is -2.09. The lowest BCUT2D eigenvalue weighted by molar-refractivity contribution is 0.102. The fourth-order valence-corrected chi connectivity index (χ4v) is 5.32. The molecule has 35 heavy (non-hydrogen) atoms. The van der Waals surface area contributed by atoms with Gasteiger partial charge in [-0.05, 0) is 81.0 Å². The number of aromatic nitrogens is 1. The maximum Gasteiger partial charge on any atom is 0.180 e. The predicted molar refractivity (Wildman–Crippen MR) is 151 cm³/mol. The molecule has 6 nitrogen and oxygen atoms in total. The van der Waals surface area contributed by atoms with E-state index in [-0.39, 0.29) is 22.6 Å². The first-order valence-corrected chi connectivity index (χ1v) is 15.0. The van der Waals surface area contributed by atoms with Crippen LogP contribution in [0.25, 0.3) is 11.3 Å². The molecule has 0 spiro atoms. The van der Waals surface area contributed by atoms with Crippen molar-refractivity contribution >= 4 is 48.0 Å². The first-order valence-electron chi connectivity index (χ1n) is 11.1. The standard InChI is InChI=1S/C13H16N2S.C11H13BrO3S.C2H6O/c1-4-10-5-8(2)12(9(3)6-10)11-7-16-13(14)15-11;1-7-4-9(16(3,14)15)5-8(2)11(7)10(13)6-12;1-2-3/h5-7H,4H2,1-3H3,(H2,14,15);4-5H,6H2,1-3H3;3H,2H2,1H3. The van der Waals surface area contributed by atoms with E-state index in [2.05, 4.69) is 53.8 Å². The highest BCUT2D eigenvalue weighted by Gasteiger charge is 2.16. The summed E-state index contributed by atoms with van der Waals surface area (Å²) in [5.41, 5.74) is 13.8. The number of hydrogen-bond acceptors (Lipinski definition) is 7. The van der Waals surface area contributed by atoms with Crippen molar-refractivity contribution in [3.8, 4) is 11.3 Å². The number of benzene rings is 2. The number of nitrogen functional groups attached to an aromatic ring is 1. The van der Waals surface area contributed by atoms with E-state index in [1.165, 1.54) is 45.7 Å². The van der Waals surface area contributed by atoms with Crippen molar-refractivity contribution in [1.29, 1.82) is 0 Å². The molecule has 0 fully saturated rings. The first-order chi connectivity index (χ1) is 16.3. The Morgan fingerprint density at radius 2 is 1.51 bits per heavy atom. The van der Waals surface area contributed by atoms with E-state index in [9.17, 15) is 13.2 Å². The average molecular weight is 584 g/mol. The van der Waals surface area contributed by atoms with Gasteiger partial charge in [-0.3, -0.25) is 4.79 Å². The molecule has 0 amide bonds. The van der Waals surface area contributed by atoms with Crippen molar-refractivity contribution in [3.63, 3.8) is 0 Å². The second-order valence-corrected chi connectivity index (χ2v) is 11.6. The van der Waals surface area contributed by atoms with Crippen LogP contribution in [-0.4, -0.2) is 42.5 Å². The summed E-state index contributed by atoms with van der Waals surface area (Å²) in [6.45, 7) is 11.9. The summed E-state index contributed by atoms with van der Waals surface area (Å²) < 4.78 is 22.8. The van der Waals surface area contributed by atoms with E-state index < -0.39 is 9.84 Å². The van der Waals surface area contributed by atoms with Crippen LogP contribution < -0.4 is 5.73 Å². The van der Waals surface area contributed by atoms with Crippen LogP contribution in [0.4, 0.5) is 5.13 Å². The SMILES string of the molecule is CCO.CCc1cc(C)c(-c2csc(N)n2)c(C)c1.Cc1cc(S(C)(=O)=O)cc(C)c1C(=O)CBr. The van der Waals surface area contributed by atoms with Gasteiger partial charge in [-0.1, -0.05) is 35.0 Å². The quantitative estimate of drug-likeness (QED) is 0.288.